The number of fused-ring (bicyclic) bond motifs is 9. The van der Waals surface area contributed by atoms with Gasteiger partial charge in [-0.25, -0.2) is 4.85 Å². The third kappa shape index (κ3) is 6.03. The average Bonchev–Trinajstić information content (AvgIpc) is 2.98. The zero-order chi connectivity index (χ0) is 31.1. The van der Waals surface area contributed by atoms with Gasteiger partial charge in [-0.3, -0.25) is 14.8 Å². The van der Waals surface area contributed by atoms with Crippen LogP contribution in [0.4, 0.5) is 5.69 Å². The number of aromatic nitrogens is 2. The summed E-state index contributed by atoms with van der Waals surface area (Å²) in [5.74, 6) is 0.104. The van der Waals surface area contributed by atoms with Crippen LogP contribution in [0.5, 0.6) is 0 Å². The topological polar surface area (TPSA) is 91.2 Å². The van der Waals surface area contributed by atoms with Crippen LogP contribution < -0.4 is 0 Å². The summed E-state index contributed by atoms with van der Waals surface area (Å²) in [6, 6.07) is 27.1. The summed E-state index contributed by atoms with van der Waals surface area (Å²) in [6.45, 7) is 18.7. The maximum absolute atomic E-state index is 11.5. The van der Waals surface area contributed by atoms with Crippen molar-refractivity contribution in [3.63, 3.8) is 0 Å². The molecule has 1 heterocycles. The number of carbonyl (C=O) groups excluding carboxylic acids is 1. The van der Waals surface area contributed by atoms with Crippen molar-refractivity contribution in [2.75, 3.05) is 0 Å². The van der Waals surface area contributed by atoms with Gasteiger partial charge in [-0.15, -0.1) is 29.7 Å². The first-order valence-electron chi connectivity index (χ1n) is 14.0. The fourth-order valence-electron chi connectivity index (χ4n) is 4.81. The first kappa shape index (κ1) is 32.2. The molecule has 0 saturated carbocycles. The third-order valence-electron chi connectivity index (χ3n) is 7.32. The number of aliphatic hydroxyl groups excluding tert-OH is 1. The van der Waals surface area contributed by atoms with E-state index in [4.69, 9.17) is 16.5 Å². The van der Waals surface area contributed by atoms with Gasteiger partial charge in [0.05, 0.1) is 29.2 Å². The van der Waals surface area contributed by atoms with E-state index in [1.54, 1.807) is 12.1 Å². The van der Waals surface area contributed by atoms with E-state index in [9.17, 15) is 15.2 Å². The van der Waals surface area contributed by atoms with Crippen LogP contribution in [-0.4, -0.2) is 20.9 Å². The molecule has 0 fully saturated rings. The molecule has 6 rings (SSSR count). The van der Waals surface area contributed by atoms with Gasteiger partial charge in [0.1, 0.15) is 5.76 Å². The molecular weight excluding hydrogens is 725 g/mol. The van der Waals surface area contributed by atoms with Gasteiger partial charge in [0, 0.05) is 48.1 Å². The SMILES string of the molecule is CC(C)(C)C(=O)/C=C(\O)C(C)(C)C.[C-]#[N+]c1cc(C#N)cc2nc3c4[c-]cccc4c4ccc5ccccc5c4c3nc12.[Ir]. The minimum atomic E-state index is -0.417. The molecule has 0 aliphatic rings. The summed E-state index contributed by atoms with van der Waals surface area (Å²) < 4.78 is 0. The quantitative estimate of drug-likeness (QED) is 0.0594. The molecule has 5 aromatic carbocycles. The van der Waals surface area contributed by atoms with Crippen LogP contribution in [0, 0.1) is 34.8 Å². The normalized spacial score (nSPS) is 12.0. The van der Waals surface area contributed by atoms with Gasteiger partial charge in [-0.2, -0.15) is 5.26 Å². The van der Waals surface area contributed by atoms with Crippen molar-refractivity contribution in [1.82, 2.24) is 9.97 Å². The molecule has 1 radical (unpaired) electrons. The predicted molar refractivity (Wildman–Crippen MR) is 174 cm³/mol. The van der Waals surface area contributed by atoms with Crippen molar-refractivity contribution in [1.29, 1.82) is 5.26 Å². The van der Waals surface area contributed by atoms with E-state index in [-0.39, 0.29) is 37.1 Å². The van der Waals surface area contributed by atoms with E-state index in [0.29, 0.717) is 22.3 Å². The maximum atomic E-state index is 11.5. The van der Waals surface area contributed by atoms with Crippen molar-refractivity contribution in [2.24, 2.45) is 10.8 Å². The van der Waals surface area contributed by atoms with Crippen molar-refractivity contribution in [3.8, 4) is 6.07 Å². The number of benzene rings is 5. The molecule has 0 aliphatic carbocycles. The Labute approximate surface area is 270 Å². The fraction of sp³-hybridized carbons (Fsp3) is 0.216. The predicted octanol–water partition coefficient (Wildman–Crippen LogP) is 9.55. The zero-order valence-corrected chi connectivity index (χ0v) is 27.8. The number of allylic oxidation sites excluding steroid dienone is 2. The Morgan fingerprint density at radius 2 is 1.61 bits per heavy atom. The summed E-state index contributed by atoms with van der Waals surface area (Å²) in [4.78, 5) is 24.9. The van der Waals surface area contributed by atoms with E-state index >= 15 is 0 Å². The van der Waals surface area contributed by atoms with Crippen molar-refractivity contribution >= 4 is 65.9 Å². The summed E-state index contributed by atoms with van der Waals surface area (Å²) in [5.41, 5.74) is 2.52. The molecular formula is C37H31IrN4O2-. The standard InChI is InChI=1S/C26H11N4.C11H20O2.Ir/c1-28-21-12-15(14-27)13-22-25(21)30-26-23-17-7-3-2-6-16(17)10-11-19(23)18-8-4-5-9-20(18)24(26)29-22;1-10(2,3)8(12)7-9(13)11(4,5)6;/h2-8,10-13H;7,12H,1-6H3;/q-1;;/b;8-7-;. The molecule has 44 heavy (non-hydrogen) atoms. The van der Waals surface area contributed by atoms with Gasteiger partial charge in [0.25, 0.3) is 0 Å². The largest absolute Gasteiger partial charge is 0.512 e. The minimum Gasteiger partial charge on any atom is -0.512 e. The molecule has 7 heteroatoms. The first-order valence-corrected chi connectivity index (χ1v) is 14.0. The molecule has 0 atom stereocenters. The van der Waals surface area contributed by atoms with Gasteiger partial charge in [-0.05, 0) is 28.3 Å². The molecule has 221 valence electrons. The number of nitriles is 1. The Kier molecular flexibility index (Phi) is 8.89. The Bertz CT molecular complexity index is 2210. The monoisotopic (exact) mass is 756 g/mol. The Morgan fingerprint density at radius 3 is 2.27 bits per heavy atom. The van der Waals surface area contributed by atoms with E-state index < -0.39 is 5.41 Å². The maximum Gasteiger partial charge on any atom is 0.215 e. The van der Waals surface area contributed by atoms with Crippen molar-refractivity contribution < 1.29 is 30.0 Å². The van der Waals surface area contributed by atoms with Gasteiger partial charge < -0.3 is 5.11 Å². The van der Waals surface area contributed by atoms with Gasteiger partial charge in [-0.1, -0.05) is 88.7 Å². The number of hydrogen-bond donors (Lipinski definition) is 1. The van der Waals surface area contributed by atoms with E-state index in [0.717, 1.165) is 43.4 Å². The number of rotatable bonds is 1. The second-order valence-electron chi connectivity index (χ2n) is 12.6. The molecule has 6 aromatic rings. The van der Waals surface area contributed by atoms with Crippen molar-refractivity contribution in [2.45, 2.75) is 41.5 Å². The van der Waals surface area contributed by atoms with Gasteiger partial charge in [0.2, 0.25) is 5.69 Å². The summed E-state index contributed by atoms with van der Waals surface area (Å²) in [6.07, 6.45) is 1.33. The van der Waals surface area contributed by atoms with Crippen molar-refractivity contribution in [3.05, 3.63) is 102 Å². The minimum absolute atomic E-state index is 0. The zero-order valence-electron chi connectivity index (χ0n) is 25.4. The van der Waals surface area contributed by atoms with Gasteiger partial charge in [0.15, 0.2) is 5.78 Å². The summed E-state index contributed by atoms with van der Waals surface area (Å²) in [7, 11) is 0. The smallest absolute Gasteiger partial charge is 0.215 e. The molecule has 0 unspecified atom stereocenters. The average molecular weight is 756 g/mol. The molecule has 1 aromatic heterocycles. The molecule has 0 aliphatic heterocycles. The number of aliphatic hydroxyl groups is 1. The second-order valence-corrected chi connectivity index (χ2v) is 12.6. The number of ketones is 1. The summed E-state index contributed by atoms with van der Waals surface area (Å²) >= 11 is 0. The van der Waals surface area contributed by atoms with Crippen LogP contribution in [0.2, 0.25) is 0 Å². The van der Waals surface area contributed by atoms with E-state index in [2.05, 4.69) is 47.3 Å². The number of carbonyl (C=O) groups is 1. The van der Waals surface area contributed by atoms with Crippen LogP contribution in [0.1, 0.15) is 47.1 Å². The molecule has 0 spiro atoms. The Balaban J connectivity index is 0.000000271. The molecule has 0 bridgehead atoms. The van der Waals surface area contributed by atoms with E-state index in [1.165, 1.54) is 6.08 Å². The van der Waals surface area contributed by atoms with Crippen LogP contribution in [0.15, 0.2) is 78.6 Å². The molecule has 1 N–H and O–H groups in total. The number of nitrogens with zero attached hydrogens (tertiary/aromatic N) is 4. The third-order valence-corrected chi connectivity index (χ3v) is 7.32. The molecule has 0 saturated heterocycles. The Morgan fingerprint density at radius 1 is 0.909 bits per heavy atom. The summed E-state index contributed by atoms with van der Waals surface area (Å²) in [5, 5.41) is 25.2. The van der Waals surface area contributed by atoms with Crippen LogP contribution in [0.25, 0.3) is 59.2 Å². The van der Waals surface area contributed by atoms with Crippen LogP contribution in [0.3, 0.4) is 0 Å². The molecule has 6 nitrogen and oxygen atoms in total. The molecule has 0 amide bonds. The van der Waals surface area contributed by atoms with E-state index in [1.807, 2.05) is 65.8 Å². The second kappa shape index (κ2) is 12.1. The first-order chi connectivity index (χ1) is 20.3. The number of hydrogen-bond acceptors (Lipinski definition) is 5. The van der Waals surface area contributed by atoms with Gasteiger partial charge >= 0.3 is 0 Å². The van der Waals surface area contributed by atoms with Crippen LogP contribution in [-0.2, 0) is 24.9 Å². The Hall–Kier alpha value is -4.68. The van der Waals surface area contributed by atoms with Crippen LogP contribution >= 0.6 is 0 Å². The fourth-order valence-corrected chi connectivity index (χ4v) is 4.81.